The van der Waals surface area contributed by atoms with Gasteiger partial charge in [-0.25, -0.2) is 9.59 Å². The standard InChI is InChI=1S/C36H46N2O4/c1-35(2,3)27-17-13-25(14-18-27)32(26-15-19-28(20-16-26)36(4,5)6)30-22-29(23-37-30)42-34(40)38-31(33(39)41-7)21-24-11-9-8-10-12-24/h8-20,29-32,37H,21-23H2,1-7H3,(H,38,40)/t29-,30?,31?/m1/s1. The third-order valence-corrected chi connectivity index (χ3v) is 8.13. The molecule has 0 radical (unpaired) electrons. The molecule has 1 aliphatic heterocycles. The van der Waals surface area contributed by atoms with E-state index in [-0.39, 0.29) is 28.9 Å². The molecule has 2 N–H and O–H groups in total. The monoisotopic (exact) mass is 570 g/mol. The van der Waals surface area contributed by atoms with Gasteiger partial charge in [0, 0.05) is 31.3 Å². The Kier molecular flexibility index (Phi) is 9.78. The van der Waals surface area contributed by atoms with Gasteiger partial charge in [-0.15, -0.1) is 0 Å². The summed E-state index contributed by atoms with van der Waals surface area (Å²) in [5, 5.41) is 6.36. The topological polar surface area (TPSA) is 76.7 Å². The molecule has 3 aromatic rings. The van der Waals surface area contributed by atoms with Crippen LogP contribution >= 0.6 is 0 Å². The van der Waals surface area contributed by atoms with Crippen molar-refractivity contribution in [3.63, 3.8) is 0 Å². The van der Waals surface area contributed by atoms with Gasteiger partial charge in [-0.1, -0.05) is 120 Å². The molecule has 0 saturated carbocycles. The zero-order valence-corrected chi connectivity index (χ0v) is 26.1. The second-order valence-corrected chi connectivity index (χ2v) is 13.4. The largest absolute Gasteiger partial charge is 0.467 e. The van der Waals surface area contributed by atoms with Gasteiger partial charge in [0.1, 0.15) is 12.1 Å². The van der Waals surface area contributed by atoms with E-state index in [2.05, 4.69) is 101 Å². The van der Waals surface area contributed by atoms with Crippen LogP contribution in [-0.2, 0) is 31.5 Å². The highest BCUT2D eigenvalue weighted by Crippen LogP contribution is 2.35. The number of hydrogen-bond donors (Lipinski definition) is 2. The van der Waals surface area contributed by atoms with Gasteiger partial charge in [0.15, 0.2) is 0 Å². The molecule has 2 unspecified atom stereocenters. The highest BCUT2D eigenvalue weighted by atomic mass is 16.6. The fraction of sp³-hybridized carbons (Fsp3) is 0.444. The van der Waals surface area contributed by atoms with Crippen molar-refractivity contribution in [2.75, 3.05) is 13.7 Å². The Bertz CT molecular complexity index is 1260. The molecule has 0 bridgehead atoms. The normalized spacial score (nSPS) is 18.0. The predicted molar refractivity (Wildman–Crippen MR) is 168 cm³/mol. The minimum absolute atomic E-state index is 0.0723. The molecule has 1 fully saturated rings. The van der Waals surface area contributed by atoms with Crippen molar-refractivity contribution in [3.05, 3.63) is 107 Å². The lowest BCUT2D eigenvalue weighted by Crippen LogP contribution is -2.44. The van der Waals surface area contributed by atoms with E-state index in [0.717, 1.165) is 5.56 Å². The van der Waals surface area contributed by atoms with Crippen molar-refractivity contribution >= 4 is 12.1 Å². The van der Waals surface area contributed by atoms with Gasteiger partial charge < -0.3 is 20.1 Å². The number of carbonyl (C=O) groups is 2. The van der Waals surface area contributed by atoms with Crippen LogP contribution in [0, 0.1) is 0 Å². The maximum atomic E-state index is 12.9. The van der Waals surface area contributed by atoms with E-state index in [0.29, 0.717) is 19.4 Å². The molecule has 1 saturated heterocycles. The van der Waals surface area contributed by atoms with E-state index in [1.54, 1.807) is 0 Å². The number of rotatable bonds is 8. The minimum Gasteiger partial charge on any atom is -0.467 e. The number of amides is 1. The molecule has 1 aliphatic rings. The Morgan fingerprint density at radius 1 is 0.833 bits per heavy atom. The Morgan fingerprint density at radius 3 is 1.83 bits per heavy atom. The van der Waals surface area contributed by atoms with Gasteiger partial charge in [0.25, 0.3) is 0 Å². The van der Waals surface area contributed by atoms with Gasteiger partial charge >= 0.3 is 12.1 Å². The molecule has 42 heavy (non-hydrogen) atoms. The van der Waals surface area contributed by atoms with Crippen molar-refractivity contribution in [2.45, 2.75) is 89.3 Å². The Morgan fingerprint density at radius 2 is 1.36 bits per heavy atom. The molecule has 3 aromatic carbocycles. The average Bonchev–Trinajstić information content (AvgIpc) is 3.40. The maximum absolute atomic E-state index is 12.9. The highest BCUT2D eigenvalue weighted by molar-refractivity contribution is 5.81. The van der Waals surface area contributed by atoms with Crippen LogP contribution in [0.2, 0.25) is 0 Å². The molecule has 6 heteroatoms. The molecule has 6 nitrogen and oxygen atoms in total. The van der Waals surface area contributed by atoms with Crippen LogP contribution < -0.4 is 10.6 Å². The van der Waals surface area contributed by atoms with Crippen molar-refractivity contribution < 1.29 is 19.1 Å². The predicted octanol–water partition coefficient (Wildman–Crippen LogP) is 6.65. The molecule has 1 amide bonds. The van der Waals surface area contributed by atoms with E-state index in [9.17, 15) is 9.59 Å². The van der Waals surface area contributed by atoms with E-state index >= 15 is 0 Å². The summed E-state index contributed by atoms with van der Waals surface area (Å²) in [7, 11) is 1.32. The number of carbonyl (C=O) groups excluding carboxylic acids is 2. The quantitative estimate of drug-likeness (QED) is 0.297. The Hall–Kier alpha value is -3.64. The maximum Gasteiger partial charge on any atom is 0.408 e. The van der Waals surface area contributed by atoms with Crippen LogP contribution in [0.5, 0.6) is 0 Å². The van der Waals surface area contributed by atoms with Crippen molar-refractivity contribution in [3.8, 4) is 0 Å². The molecule has 0 aromatic heterocycles. The summed E-state index contributed by atoms with van der Waals surface area (Å²) in [4.78, 5) is 25.3. The van der Waals surface area contributed by atoms with Gasteiger partial charge in [0.2, 0.25) is 0 Å². The molecule has 224 valence electrons. The minimum atomic E-state index is -0.828. The van der Waals surface area contributed by atoms with Crippen LogP contribution in [0.4, 0.5) is 4.79 Å². The number of hydrogen-bond acceptors (Lipinski definition) is 5. The lowest BCUT2D eigenvalue weighted by atomic mass is 9.80. The summed E-state index contributed by atoms with van der Waals surface area (Å²) in [5.41, 5.74) is 6.10. The third-order valence-electron chi connectivity index (χ3n) is 8.13. The summed E-state index contributed by atoms with van der Waals surface area (Å²) in [6.45, 7) is 13.9. The van der Waals surface area contributed by atoms with Crippen molar-refractivity contribution in [1.82, 2.24) is 10.6 Å². The Labute approximate surface area is 251 Å². The molecule has 3 atom stereocenters. The molecular weight excluding hydrogens is 524 g/mol. The second kappa shape index (κ2) is 13.1. The fourth-order valence-electron chi connectivity index (χ4n) is 5.63. The van der Waals surface area contributed by atoms with E-state index in [1.165, 1.54) is 29.4 Å². The number of alkyl carbamates (subject to hydrolysis) is 1. The van der Waals surface area contributed by atoms with E-state index < -0.39 is 18.1 Å². The Balaban J connectivity index is 1.50. The van der Waals surface area contributed by atoms with Crippen molar-refractivity contribution in [1.29, 1.82) is 0 Å². The lowest BCUT2D eigenvalue weighted by Gasteiger charge is -2.27. The first-order valence-corrected chi connectivity index (χ1v) is 14.9. The van der Waals surface area contributed by atoms with Gasteiger partial charge in [-0.05, 0) is 38.6 Å². The zero-order chi connectivity index (χ0) is 30.5. The van der Waals surface area contributed by atoms with E-state index in [4.69, 9.17) is 9.47 Å². The van der Waals surface area contributed by atoms with Crippen LogP contribution in [0.1, 0.15) is 81.7 Å². The summed E-state index contributed by atoms with van der Waals surface area (Å²) in [6.07, 6.45) is 0.0390. The van der Waals surface area contributed by atoms with Crippen LogP contribution in [-0.4, -0.2) is 43.9 Å². The van der Waals surface area contributed by atoms with Crippen LogP contribution in [0.25, 0.3) is 0 Å². The first-order chi connectivity index (χ1) is 19.8. The van der Waals surface area contributed by atoms with Gasteiger partial charge in [-0.2, -0.15) is 0 Å². The number of esters is 1. The first kappa shape index (κ1) is 31.3. The number of nitrogens with one attached hydrogen (secondary N) is 2. The van der Waals surface area contributed by atoms with Gasteiger partial charge in [-0.3, -0.25) is 0 Å². The van der Waals surface area contributed by atoms with Crippen molar-refractivity contribution in [2.24, 2.45) is 0 Å². The smallest absolute Gasteiger partial charge is 0.408 e. The summed E-state index contributed by atoms with van der Waals surface area (Å²) in [5.74, 6) is -0.415. The molecule has 1 heterocycles. The zero-order valence-electron chi connectivity index (χ0n) is 26.1. The van der Waals surface area contributed by atoms with E-state index in [1.807, 2.05) is 30.3 Å². The second-order valence-electron chi connectivity index (χ2n) is 13.4. The van der Waals surface area contributed by atoms with Gasteiger partial charge in [0.05, 0.1) is 7.11 Å². The SMILES string of the molecule is COC(=O)C(Cc1ccccc1)NC(=O)O[C@H]1CNC(C(c2ccc(C(C)(C)C)cc2)c2ccc(C(C)(C)C)cc2)C1. The molecule has 0 spiro atoms. The lowest BCUT2D eigenvalue weighted by molar-refractivity contribution is -0.143. The number of methoxy groups -OCH3 is 1. The summed E-state index contributed by atoms with van der Waals surface area (Å²) < 4.78 is 10.8. The fourth-order valence-corrected chi connectivity index (χ4v) is 5.63. The third kappa shape index (κ3) is 8.01. The highest BCUT2D eigenvalue weighted by Gasteiger charge is 2.35. The number of benzene rings is 3. The molecular formula is C36H46N2O4. The number of ether oxygens (including phenoxy) is 2. The summed E-state index contributed by atoms with van der Waals surface area (Å²) >= 11 is 0. The molecule has 0 aliphatic carbocycles. The van der Waals surface area contributed by atoms with Crippen LogP contribution in [0.3, 0.4) is 0 Å². The summed E-state index contributed by atoms with van der Waals surface area (Å²) in [6, 6.07) is 26.6. The van der Waals surface area contributed by atoms with Crippen LogP contribution in [0.15, 0.2) is 78.9 Å². The first-order valence-electron chi connectivity index (χ1n) is 14.9. The molecule has 4 rings (SSSR count). The average molecular weight is 571 g/mol.